The Hall–Kier alpha value is -2.97. The molecule has 1 amide bonds. The van der Waals surface area contributed by atoms with Crippen LogP contribution in [0.25, 0.3) is 6.08 Å². The van der Waals surface area contributed by atoms with Crippen molar-refractivity contribution in [1.82, 2.24) is 0 Å². The zero-order chi connectivity index (χ0) is 18.9. The first kappa shape index (κ1) is 19.4. The van der Waals surface area contributed by atoms with Crippen molar-refractivity contribution in [3.63, 3.8) is 0 Å². The molecule has 0 aliphatic heterocycles. The molecule has 2 aromatic carbocycles. The van der Waals surface area contributed by atoms with Crippen LogP contribution in [-0.4, -0.2) is 19.6 Å². The Labute approximate surface area is 157 Å². The summed E-state index contributed by atoms with van der Waals surface area (Å²) in [4.78, 5) is 12.1. The van der Waals surface area contributed by atoms with Crippen LogP contribution < -0.4 is 14.8 Å². The van der Waals surface area contributed by atoms with Gasteiger partial charge in [0.1, 0.15) is 0 Å². The molecule has 134 valence electrons. The van der Waals surface area contributed by atoms with E-state index < -0.39 is 0 Å². The van der Waals surface area contributed by atoms with Crippen LogP contribution in [0, 0.1) is 11.3 Å². The fourth-order valence-corrected chi connectivity index (χ4v) is 2.48. The van der Waals surface area contributed by atoms with E-state index in [0.29, 0.717) is 39.9 Å². The monoisotopic (exact) mass is 370 g/mol. The standard InChI is InChI=1S/C20H19ClN2O3/c1-3-9-26-20-17(21)11-14(12-18(20)25-2)7-8-19(24)23-16-6-4-5-15(10-16)13-22/h4-8,10-12H,3,9H2,1-2H3,(H,23,24)/b8-7+. The van der Waals surface area contributed by atoms with Gasteiger partial charge >= 0.3 is 0 Å². The molecule has 2 aromatic rings. The van der Waals surface area contributed by atoms with E-state index in [2.05, 4.69) is 5.32 Å². The van der Waals surface area contributed by atoms with Crippen molar-refractivity contribution < 1.29 is 14.3 Å². The number of hydrogen-bond donors (Lipinski definition) is 1. The maximum atomic E-state index is 12.1. The minimum Gasteiger partial charge on any atom is -0.493 e. The molecular formula is C20H19ClN2O3. The minimum absolute atomic E-state index is 0.318. The molecule has 0 aliphatic rings. The molecule has 0 spiro atoms. The van der Waals surface area contributed by atoms with Gasteiger partial charge in [-0.3, -0.25) is 4.79 Å². The van der Waals surface area contributed by atoms with Gasteiger partial charge in [0.15, 0.2) is 11.5 Å². The Morgan fingerprint density at radius 1 is 1.35 bits per heavy atom. The second-order valence-corrected chi connectivity index (χ2v) is 5.80. The zero-order valence-electron chi connectivity index (χ0n) is 14.6. The number of rotatable bonds is 7. The van der Waals surface area contributed by atoms with Gasteiger partial charge in [0.05, 0.1) is 30.4 Å². The average molecular weight is 371 g/mol. The second-order valence-electron chi connectivity index (χ2n) is 5.40. The van der Waals surface area contributed by atoms with E-state index in [1.54, 1.807) is 42.5 Å². The van der Waals surface area contributed by atoms with Gasteiger partial charge in [-0.1, -0.05) is 24.6 Å². The average Bonchev–Trinajstić information content (AvgIpc) is 2.65. The number of carbonyl (C=O) groups excluding carboxylic acids is 1. The third-order valence-electron chi connectivity index (χ3n) is 3.39. The normalized spacial score (nSPS) is 10.4. The highest BCUT2D eigenvalue weighted by Gasteiger charge is 2.11. The van der Waals surface area contributed by atoms with Gasteiger partial charge in [0.2, 0.25) is 5.91 Å². The molecule has 0 radical (unpaired) electrons. The maximum Gasteiger partial charge on any atom is 0.248 e. The molecule has 6 heteroatoms. The summed E-state index contributed by atoms with van der Waals surface area (Å²) in [5, 5.41) is 12.0. The number of nitriles is 1. The number of nitrogens with one attached hydrogen (secondary N) is 1. The van der Waals surface area contributed by atoms with E-state index in [0.717, 1.165) is 6.42 Å². The van der Waals surface area contributed by atoms with E-state index in [1.165, 1.54) is 13.2 Å². The largest absolute Gasteiger partial charge is 0.493 e. The molecule has 0 heterocycles. The Morgan fingerprint density at radius 3 is 2.85 bits per heavy atom. The first-order chi connectivity index (χ1) is 12.6. The number of carbonyl (C=O) groups is 1. The first-order valence-electron chi connectivity index (χ1n) is 8.07. The van der Waals surface area contributed by atoms with Crippen molar-refractivity contribution in [3.8, 4) is 17.6 Å². The van der Waals surface area contributed by atoms with Gasteiger partial charge in [-0.25, -0.2) is 0 Å². The van der Waals surface area contributed by atoms with Gasteiger partial charge in [-0.15, -0.1) is 0 Å². The fourth-order valence-electron chi connectivity index (χ4n) is 2.20. The predicted molar refractivity (Wildman–Crippen MR) is 103 cm³/mol. The SMILES string of the molecule is CCCOc1c(Cl)cc(/C=C/C(=O)Nc2cccc(C#N)c2)cc1OC. The Kier molecular flexibility index (Phi) is 7.07. The summed E-state index contributed by atoms with van der Waals surface area (Å²) in [5.74, 6) is 0.681. The van der Waals surface area contributed by atoms with Gasteiger partial charge in [-0.05, 0) is 48.4 Å². The van der Waals surface area contributed by atoms with Crippen molar-refractivity contribution in [2.24, 2.45) is 0 Å². The smallest absolute Gasteiger partial charge is 0.248 e. The highest BCUT2D eigenvalue weighted by atomic mass is 35.5. The number of ether oxygens (including phenoxy) is 2. The molecule has 0 bridgehead atoms. The number of methoxy groups -OCH3 is 1. The van der Waals surface area contributed by atoms with E-state index in [1.807, 2.05) is 13.0 Å². The summed E-state index contributed by atoms with van der Waals surface area (Å²) >= 11 is 6.26. The Balaban J connectivity index is 2.12. The number of amides is 1. The lowest BCUT2D eigenvalue weighted by Gasteiger charge is -2.12. The molecule has 0 saturated carbocycles. The molecule has 2 rings (SSSR count). The third kappa shape index (κ3) is 5.27. The predicted octanol–water partition coefficient (Wildman–Crippen LogP) is 4.66. The first-order valence-corrected chi connectivity index (χ1v) is 8.44. The summed E-state index contributed by atoms with van der Waals surface area (Å²) in [6.07, 6.45) is 3.87. The van der Waals surface area contributed by atoms with Crippen molar-refractivity contribution in [2.75, 3.05) is 19.0 Å². The number of nitrogens with zero attached hydrogens (tertiary/aromatic N) is 1. The fraction of sp³-hybridized carbons (Fsp3) is 0.200. The Bertz CT molecular complexity index is 857. The van der Waals surface area contributed by atoms with Gasteiger partial charge < -0.3 is 14.8 Å². The third-order valence-corrected chi connectivity index (χ3v) is 3.67. The molecule has 0 aromatic heterocycles. The lowest BCUT2D eigenvalue weighted by atomic mass is 10.1. The number of anilines is 1. The molecule has 0 atom stereocenters. The molecule has 0 aliphatic carbocycles. The van der Waals surface area contributed by atoms with E-state index in [-0.39, 0.29) is 5.91 Å². The van der Waals surface area contributed by atoms with Crippen LogP contribution in [0.4, 0.5) is 5.69 Å². The molecular weight excluding hydrogens is 352 g/mol. The summed E-state index contributed by atoms with van der Waals surface area (Å²) in [6.45, 7) is 2.54. The van der Waals surface area contributed by atoms with Gasteiger partial charge in [0.25, 0.3) is 0 Å². The van der Waals surface area contributed by atoms with Crippen molar-refractivity contribution in [2.45, 2.75) is 13.3 Å². The van der Waals surface area contributed by atoms with Crippen LogP contribution in [0.1, 0.15) is 24.5 Å². The van der Waals surface area contributed by atoms with Crippen LogP contribution in [0.2, 0.25) is 5.02 Å². The van der Waals surface area contributed by atoms with Crippen LogP contribution in [0.15, 0.2) is 42.5 Å². The molecule has 1 N–H and O–H groups in total. The van der Waals surface area contributed by atoms with Crippen LogP contribution in [0.5, 0.6) is 11.5 Å². The van der Waals surface area contributed by atoms with Crippen LogP contribution in [-0.2, 0) is 4.79 Å². The van der Waals surface area contributed by atoms with Gasteiger partial charge in [-0.2, -0.15) is 5.26 Å². The lowest BCUT2D eigenvalue weighted by Crippen LogP contribution is -2.07. The molecule has 5 nitrogen and oxygen atoms in total. The number of benzene rings is 2. The quantitative estimate of drug-likeness (QED) is 0.719. The van der Waals surface area contributed by atoms with Crippen LogP contribution >= 0.6 is 11.6 Å². The summed E-state index contributed by atoms with van der Waals surface area (Å²) in [6, 6.07) is 12.2. The summed E-state index contributed by atoms with van der Waals surface area (Å²) in [5.41, 5.74) is 1.74. The van der Waals surface area contributed by atoms with Crippen LogP contribution in [0.3, 0.4) is 0 Å². The van der Waals surface area contributed by atoms with E-state index >= 15 is 0 Å². The highest BCUT2D eigenvalue weighted by molar-refractivity contribution is 6.32. The molecule has 0 fully saturated rings. The number of hydrogen-bond acceptors (Lipinski definition) is 4. The zero-order valence-corrected chi connectivity index (χ0v) is 15.3. The lowest BCUT2D eigenvalue weighted by molar-refractivity contribution is -0.111. The summed E-state index contributed by atoms with van der Waals surface area (Å²) in [7, 11) is 1.53. The minimum atomic E-state index is -0.318. The highest BCUT2D eigenvalue weighted by Crippen LogP contribution is 2.36. The van der Waals surface area contributed by atoms with E-state index in [4.69, 9.17) is 26.3 Å². The summed E-state index contributed by atoms with van der Waals surface area (Å²) < 4.78 is 10.9. The molecule has 0 unspecified atom stereocenters. The van der Waals surface area contributed by atoms with Crippen molar-refractivity contribution in [1.29, 1.82) is 5.26 Å². The van der Waals surface area contributed by atoms with E-state index in [9.17, 15) is 4.79 Å². The maximum absolute atomic E-state index is 12.1. The van der Waals surface area contributed by atoms with Crippen molar-refractivity contribution >= 4 is 29.3 Å². The Morgan fingerprint density at radius 2 is 2.15 bits per heavy atom. The van der Waals surface area contributed by atoms with Crippen molar-refractivity contribution in [3.05, 3.63) is 58.6 Å². The topological polar surface area (TPSA) is 71.3 Å². The number of halogens is 1. The van der Waals surface area contributed by atoms with Gasteiger partial charge in [0, 0.05) is 11.8 Å². The molecule has 0 saturated heterocycles. The second kappa shape index (κ2) is 9.50. The molecule has 26 heavy (non-hydrogen) atoms.